The van der Waals surface area contributed by atoms with Crippen molar-refractivity contribution in [3.63, 3.8) is 0 Å². The van der Waals surface area contributed by atoms with Crippen LogP contribution in [0, 0.1) is 5.92 Å². The molecule has 108 valence electrons. The largest absolute Gasteiger partial charge is 0.549 e. The number of quaternary nitrogens is 1. The van der Waals surface area contributed by atoms with Gasteiger partial charge in [-0.2, -0.15) is 0 Å². The molecule has 0 aliphatic heterocycles. The van der Waals surface area contributed by atoms with E-state index in [-0.39, 0.29) is 12.1 Å². The van der Waals surface area contributed by atoms with E-state index in [0.717, 1.165) is 0 Å². The number of nitrogens with zero attached hydrogens (tertiary/aromatic N) is 1. The van der Waals surface area contributed by atoms with Gasteiger partial charge in [0.1, 0.15) is 12.6 Å². The van der Waals surface area contributed by atoms with Crippen LogP contribution in [0.15, 0.2) is 23.8 Å². The number of hydrogen-bond donors (Lipinski definition) is 2. The lowest BCUT2D eigenvalue weighted by Crippen LogP contribution is -2.49. The zero-order valence-electron chi connectivity index (χ0n) is 11.7. The van der Waals surface area contributed by atoms with Gasteiger partial charge in [-0.3, -0.25) is 0 Å². The summed E-state index contributed by atoms with van der Waals surface area (Å²) in [6, 6.07) is 0. The molecule has 2 atom stereocenters. The Labute approximate surface area is 112 Å². The van der Waals surface area contributed by atoms with E-state index in [1.807, 2.05) is 0 Å². The molecule has 0 aliphatic carbocycles. The number of aliphatic carboxylic acids is 2. The van der Waals surface area contributed by atoms with E-state index in [2.05, 4.69) is 0 Å². The average Bonchev–Trinajstić information content (AvgIpc) is 2.19. The summed E-state index contributed by atoms with van der Waals surface area (Å²) in [5.41, 5.74) is -0.390. The normalized spacial score (nSPS) is 16.4. The molecule has 0 aromatic heterocycles. The van der Waals surface area contributed by atoms with Crippen LogP contribution in [0.1, 0.15) is 6.92 Å². The highest BCUT2D eigenvalue weighted by atomic mass is 16.4. The molecular formula is C13H21NO5. The van der Waals surface area contributed by atoms with E-state index < -0.39 is 24.0 Å². The predicted molar refractivity (Wildman–Crippen MR) is 67.9 cm³/mol. The Morgan fingerprint density at radius 2 is 1.84 bits per heavy atom. The van der Waals surface area contributed by atoms with Gasteiger partial charge in [0.2, 0.25) is 0 Å². The van der Waals surface area contributed by atoms with E-state index in [1.54, 1.807) is 34.1 Å². The molecule has 19 heavy (non-hydrogen) atoms. The Kier molecular flexibility index (Phi) is 6.44. The topological polar surface area (TPSA) is 97.7 Å². The first-order valence-electron chi connectivity index (χ1n) is 5.85. The van der Waals surface area contributed by atoms with Crippen molar-refractivity contribution >= 4 is 11.9 Å². The first kappa shape index (κ1) is 17.3. The molecule has 2 N–H and O–H groups in total. The molecule has 0 aliphatic rings. The molecular weight excluding hydrogens is 250 g/mol. The molecule has 0 amide bonds. The Hall–Kier alpha value is -1.66. The molecule has 0 aromatic rings. The third-order valence-electron chi connectivity index (χ3n) is 2.42. The average molecular weight is 271 g/mol. The van der Waals surface area contributed by atoms with Crippen molar-refractivity contribution in [3.05, 3.63) is 23.8 Å². The maximum atomic E-state index is 11.1. The van der Waals surface area contributed by atoms with Crippen LogP contribution in [0.5, 0.6) is 0 Å². The molecule has 0 saturated heterocycles. The Bertz CT molecular complexity index is 392. The number of hydrogen-bond acceptors (Lipinski definition) is 4. The zero-order valence-corrected chi connectivity index (χ0v) is 11.7. The summed E-state index contributed by atoms with van der Waals surface area (Å²) in [6.07, 6.45) is 2.82. The van der Waals surface area contributed by atoms with Gasteiger partial charge >= 0.3 is 5.97 Å². The van der Waals surface area contributed by atoms with Crippen molar-refractivity contribution in [2.24, 2.45) is 5.92 Å². The number of likely N-dealkylation sites (N-methyl/N-ethyl adjacent to an activating group) is 1. The first-order valence-corrected chi connectivity index (χ1v) is 5.85. The summed E-state index contributed by atoms with van der Waals surface area (Å²) in [7, 11) is 5.31. The monoisotopic (exact) mass is 271 g/mol. The maximum Gasteiger partial charge on any atom is 0.332 e. The summed E-state index contributed by atoms with van der Waals surface area (Å²) in [5, 5.41) is 30.2. The highest BCUT2D eigenvalue weighted by molar-refractivity contribution is 5.94. The summed E-state index contributed by atoms with van der Waals surface area (Å²) >= 11 is 0. The Morgan fingerprint density at radius 3 is 2.16 bits per heavy atom. The number of allylic oxidation sites excluding steroid dienone is 3. The second-order valence-electron chi connectivity index (χ2n) is 5.29. The zero-order chi connectivity index (χ0) is 15.2. The van der Waals surface area contributed by atoms with Crippen molar-refractivity contribution in [1.29, 1.82) is 0 Å². The lowest BCUT2D eigenvalue weighted by Gasteiger charge is -2.31. The van der Waals surface area contributed by atoms with Crippen molar-refractivity contribution in [2.45, 2.75) is 13.0 Å². The SMILES string of the molecule is C/C=C/C=C(/C(=O)O)C(C(=O)[O-])C(O)C[N+](C)(C)C. The van der Waals surface area contributed by atoms with E-state index in [0.29, 0.717) is 4.48 Å². The highest BCUT2D eigenvalue weighted by Crippen LogP contribution is 2.18. The molecule has 6 nitrogen and oxygen atoms in total. The van der Waals surface area contributed by atoms with E-state index in [4.69, 9.17) is 5.11 Å². The third-order valence-corrected chi connectivity index (χ3v) is 2.42. The smallest absolute Gasteiger partial charge is 0.332 e. The van der Waals surface area contributed by atoms with Gasteiger partial charge in [-0.1, -0.05) is 18.2 Å². The fourth-order valence-corrected chi connectivity index (χ4v) is 1.67. The van der Waals surface area contributed by atoms with Gasteiger partial charge in [0.15, 0.2) is 0 Å². The van der Waals surface area contributed by atoms with Crippen molar-refractivity contribution < 1.29 is 29.4 Å². The van der Waals surface area contributed by atoms with Crippen LogP contribution >= 0.6 is 0 Å². The number of carboxylic acids is 2. The molecule has 0 saturated carbocycles. The van der Waals surface area contributed by atoms with E-state index in [9.17, 15) is 19.8 Å². The summed E-state index contributed by atoms with van der Waals surface area (Å²) < 4.78 is 0.307. The van der Waals surface area contributed by atoms with Gasteiger partial charge in [0, 0.05) is 5.57 Å². The molecule has 0 aromatic carbocycles. The van der Waals surface area contributed by atoms with E-state index in [1.165, 1.54) is 12.2 Å². The summed E-state index contributed by atoms with van der Waals surface area (Å²) in [6.45, 7) is 1.77. The van der Waals surface area contributed by atoms with Crippen LogP contribution in [0.2, 0.25) is 0 Å². The summed E-state index contributed by atoms with van der Waals surface area (Å²) in [4.78, 5) is 22.2. The fourth-order valence-electron chi connectivity index (χ4n) is 1.67. The Balaban J connectivity index is 5.39. The number of carboxylic acid groups (broad SMARTS) is 2. The molecule has 6 heteroatoms. The standard InChI is InChI=1S/C13H21NO5/c1-5-6-7-9(12(16)17)11(13(18)19)10(15)8-14(2,3)4/h5-7,10-11,15H,8H2,1-4H3,(H-,16,17,18,19)/b6-5+,9-7+. The minimum absolute atomic E-state index is 0.0963. The number of rotatable bonds is 7. The van der Waals surface area contributed by atoms with E-state index >= 15 is 0 Å². The van der Waals surface area contributed by atoms with Crippen LogP contribution in [0.3, 0.4) is 0 Å². The van der Waals surface area contributed by atoms with Crippen LogP contribution in [-0.2, 0) is 9.59 Å². The highest BCUT2D eigenvalue weighted by Gasteiger charge is 2.32. The fraction of sp³-hybridized carbons (Fsp3) is 0.538. The first-order chi connectivity index (χ1) is 8.60. The molecule has 2 unspecified atom stereocenters. The minimum atomic E-state index is -1.60. The van der Waals surface area contributed by atoms with Gasteiger partial charge in [0.25, 0.3) is 0 Å². The predicted octanol–water partition coefficient (Wildman–Crippen LogP) is -0.993. The maximum absolute atomic E-state index is 11.1. The molecule has 0 heterocycles. The Morgan fingerprint density at radius 1 is 1.32 bits per heavy atom. The molecule has 0 fully saturated rings. The quantitative estimate of drug-likeness (QED) is 0.352. The van der Waals surface area contributed by atoms with Gasteiger partial charge in [-0.05, 0) is 6.92 Å². The number of aliphatic hydroxyl groups excluding tert-OH is 1. The molecule has 0 spiro atoms. The molecule has 0 bridgehead atoms. The second-order valence-corrected chi connectivity index (χ2v) is 5.29. The lowest BCUT2D eigenvalue weighted by molar-refractivity contribution is -0.873. The van der Waals surface area contributed by atoms with Crippen LogP contribution in [0.4, 0.5) is 0 Å². The molecule has 0 radical (unpaired) electrons. The lowest BCUT2D eigenvalue weighted by atomic mass is 9.92. The van der Waals surface area contributed by atoms with Crippen LogP contribution < -0.4 is 5.11 Å². The van der Waals surface area contributed by atoms with Gasteiger partial charge in [-0.15, -0.1) is 0 Å². The molecule has 0 rings (SSSR count). The van der Waals surface area contributed by atoms with Crippen LogP contribution in [-0.4, -0.2) is 60.4 Å². The third kappa shape index (κ3) is 6.17. The van der Waals surface area contributed by atoms with Gasteiger partial charge in [0.05, 0.1) is 33.0 Å². The van der Waals surface area contributed by atoms with Crippen molar-refractivity contribution in [3.8, 4) is 0 Å². The summed E-state index contributed by atoms with van der Waals surface area (Å²) in [5.74, 6) is -4.54. The van der Waals surface area contributed by atoms with Crippen molar-refractivity contribution in [1.82, 2.24) is 0 Å². The van der Waals surface area contributed by atoms with Gasteiger partial charge < -0.3 is 24.6 Å². The second kappa shape index (κ2) is 7.06. The number of carbonyl (C=O) groups is 2. The van der Waals surface area contributed by atoms with Crippen molar-refractivity contribution in [2.75, 3.05) is 27.7 Å². The number of carbonyl (C=O) groups excluding carboxylic acids is 1. The number of aliphatic hydroxyl groups is 1. The minimum Gasteiger partial charge on any atom is -0.549 e. The van der Waals surface area contributed by atoms with Gasteiger partial charge in [-0.25, -0.2) is 4.79 Å². The van der Waals surface area contributed by atoms with Crippen LogP contribution in [0.25, 0.3) is 0 Å².